The van der Waals surface area contributed by atoms with Crippen LogP contribution in [0.15, 0.2) is 12.3 Å². The minimum atomic E-state index is -0.0944. The molecule has 1 aliphatic heterocycles. The number of anilines is 1. The van der Waals surface area contributed by atoms with E-state index in [2.05, 4.69) is 15.5 Å². The Labute approximate surface area is 112 Å². The predicted octanol–water partition coefficient (Wildman–Crippen LogP) is 1.51. The summed E-state index contributed by atoms with van der Waals surface area (Å²) in [7, 11) is 0. The van der Waals surface area contributed by atoms with Crippen molar-refractivity contribution in [2.45, 2.75) is 12.5 Å². The second-order valence-electron chi connectivity index (χ2n) is 4.13. The molecule has 1 fully saturated rings. The van der Waals surface area contributed by atoms with E-state index in [0.717, 1.165) is 23.3 Å². The highest BCUT2D eigenvalue weighted by Gasteiger charge is 2.22. The maximum Gasteiger partial charge on any atom is 0.263 e. The standard InChI is InChI=1S/C11H12N4OS2/c12-8-7-1-3-13-15-11(7)18-9(8)10(16)14-6-2-4-17-5-6/h1,3,6H,2,4-5,12H2,(H,14,16). The quantitative estimate of drug-likeness (QED) is 0.871. The summed E-state index contributed by atoms with van der Waals surface area (Å²) in [6.45, 7) is 0. The largest absolute Gasteiger partial charge is 0.397 e. The molecule has 1 aliphatic rings. The minimum absolute atomic E-state index is 0.0944. The fraction of sp³-hybridized carbons (Fsp3) is 0.364. The number of thioether (sulfide) groups is 1. The summed E-state index contributed by atoms with van der Waals surface area (Å²) in [5, 5.41) is 11.6. The maximum absolute atomic E-state index is 12.2. The number of nitrogens with one attached hydrogen (secondary N) is 1. The van der Waals surface area contributed by atoms with E-state index in [1.807, 2.05) is 11.8 Å². The van der Waals surface area contributed by atoms with Gasteiger partial charge in [0.05, 0.1) is 11.9 Å². The molecule has 5 nitrogen and oxygen atoms in total. The van der Waals surface area contributed by atoms with Crippen LogP contribution in [0.4, 0.5) is 5.69 Å². The summed E-state index contributed by atoms with van der Waals surface area (Å²) in [5.41, 5.74) is 6.50. The van der Waals surface area contributed by atoms with E-state index in [4.69, 9.17) is 5.73 Å². The molecule has 1 amide bonds. The lowest BCUT2D eigenvalue weighted by Crippen LogP contribution is -2.34. The second kappa shape index (κ2) is 4.74. The van der Waals surface area contributed by atoms with E-state index < -0.39 is 0 Å². The lowest BCUT2D eigenvalue weighted by molar-refractivity contribution is 0.0946. The van der Waals surface area contributed by atoms with E-state index in [1.165, 1.54) is 11.3 Å². The number of nitrogens with two attached hydrogens (primary N) is 1. The molecule has 3 heterocycles. The average molecular weight is 280 g/mol. The third-order valence-corrected chi connectivity index (χ3v) is 5.16. The van der Waals surface area contributed by atoms with Crippen LogP contribution in [0.1, 0.15) is 16.1 Å². The SMILES string of the molecule is Nc1c(C(=O)NC2CCSC2)sc2nnccc12. The highest BCUT2D eigenvalue weighted by molar-refractivity contribution is 7.99. The van der Waals surface area contributed by atoms with Crippen molar-refractivity contribution in [3.05, 3.63) is 17.1 Å². The Kier molecular flexibility index (Phi) is 3.09. The average Bonchev–Trinajstić information content (AvgIpc) is 2.98. The van der Waals surface area contributed by atoms with Gasteiger partial charge < -0.3 is 11.1 Å². The Bertz CT molecular complexity index is 592. The van der Waals surface area contributed by atoms with Gasteiger partial charge in [0.25, 0.3) is 5.91 Å². The molecule has 18 heavy (non-hydrogen) atoms. The van der Waals surface area contributed by atoms with Gasteiger partial charge in [-0.25, -0.2) is 0 Å². The molecule has 0 aromatic carbocycles. The van der Waals surface area contributed by atoms with Crippen LogP contribution in [0, 0.1) is 0 Å². The highest BCUT2D eigenvalue weighted by Crippen LogP contribution is 2.31. The number of nitrogens with zero attached hydrogens (tertiary/aromatic N) is 2. The summed E-state index contributed by atoms with van der Waals surface area (Å²) in [4.78, 5) is 13.4. The van der Waals surface area contributed by atoms with E-state index in [-0.39, 0.29) is 11.9 Å². The summed E-state index contributed by atoms with van der Waals surface area (Å²) < 4.78 is 0. The Balaban J connectivity index is 1.88. The highest BCUT2D eigenvalue weighted by atomic mass is 32.2. The molecule has 3 rings (SSSR count). The van der Waals surface area contributed by atoms with Crippen LogP contribution < -0.4 is 11.1 Å². The Morgan fingerprint density at radius 2 is 2.44 bits per heavy atom. The molecule has 94 valence electrons. The van der Waals surface area contributed by atoms with Crippen LogP contribution in [-0.2, 0) is 0 Å². The molecule has 0 radical (unpaired) electrons. The molecule has 0 saturated carbocycles. The number of hydrogen-bond acceptors (Lipinski definition) is 6. The van der Waals surface area contributed by atoms with Gasteiger partial charge in [-0.05, 0) is 18.2 Å². The molecule has 0 bridgehead atoms. The van der Waals surface area contributed by atoms with Crippen molar-refractivity contribution in [3.63, 3.8) is 0 Å². The van der Waals surface area contributed by atoms with E-state index in [0.29, 0.717) is 15.4 Å². The van der Waals surface area contributed by atoms with Gasteiger partial charge in [0.1, 0.15) is 9.71 Å². The monoisotopic (exact) mass is 280 g/mol. The first-order valence-corrected chi connectivity index (χ1v) is 7.61. The van der Waals surface area contributed by atoms with Crippen molar-refractivity contribution in [3.8, 4) is 0 Å². The Hall–Kier alpha value is -1.34. The van der Waals surface area contributed by atoms with Crippen molar-refractivity contribution >= 4 is 44.9 Å². The van der Waals surface area contributed by atoms with Gasteiger partial charge in [0, 0.05) is 17.2 Å². The van der Waals surface area contributed by atoms with Gasteiger partial charge in [-0.1, -0.05) is 0 Å². The first kappa shape index (κ1) is 11.7. The zero-order valence-electron chi connectivity index (χ0n) is 9.55. The number of fused-ring (bicyclic) bond motifs is 1. The normalized spacial score (nSPS) is 19.2. The molecular formula is C11H12N4OS2. The topological polar surface area (TPSA) is 80.9 Å². The zero-order valence-corrected chi connectivity index (χ0v) is 11.2. The van der Waals surface area contributed by atoms with Crippen molar-refractivity contribution in [1.82, 2.24) is 15.5 Å². The van der Waals surface area contributed by atoms with Crippen molar-refractivity contribution < 1.29 is 4.79 Å². The van der Waals surface area contributed by atoms with Gasteiger partial charge in [0.2, 0.25) is 0 Å². The van der Waals surface area contributed by atoms with Crippen molar-refractivity contribution in [1.29, 1.82) is 0 Å². The number of hydrogen-bond donors (Lipinski definition) is 2. The molecule has 1 atom stereocenters. The first-order valence-electron chi connectivity index (χ1n) is 5.64. The minimum Gasteiger partial charge on any atom is -0.397 e. The zero-order chi connectivity index (χ0) is 12.5. The predicted molar refractivity (Wildman–Crippen MR) is 75.0 cm³/mol. The fourth-order valence-electron chi connectivity index (χ4n) is 1.94. The number of amides is 1. The molecule has 1 saturated heterocycles. The van der Waals surface area contributed by atoms with Crippen LogP contribution >= 0.6 is 23.1 Å². The van der Waals surface area contributed by atoms with Gasteiger partial charge in [-0.15, -0.1) is 16.4 Å². The third kappa shape index (κ3) is 2.04. The molecule has 3 N–H and O–H groups in total. The Morgan fingerprint density at radius 1 is 1.56 bits per heavy atom. The second-order valence-corrected chi connectivity index (χ2v) is 6.28. The molecule has 0 spiro atoms. The molecule has 2 aromatic heterocycles. The van der Waals surface area contributed by atoms with Crippen LogP contribution in [0.5, 0.6) is 0 Å². The lowest BCUT2D eigenvalue weighted by atomic mass is 10.2. The summed E-state index contributed by atoms with van der Waals surface area (Å²) in [6, 6.07) is 2.05. The smallest absolute Gasteiger partial charge is 0.263 e. The van der Waals surface area contributed by atoms with Gasteiger partial charge in [-0.3, -0.25) is 4.79 Å². The van der Waals surface area contributed by atoms with Crippen LogP contribution in [0.3, 0.4) is 0 Å². The van der Waals surface area contributed by atoms with E-state index >= 15 is 0 Å². The first-order chi connectivity index (χ1) is 8.75. The summed E-state index contributed by atoms with van der Waals surface area (Å²) in [5.74, 6) is 2.00. The number of carbonyl (C=O) groups is 1. The van der Waals surface area contributed by atoms with Gasteiger partial charge >= 0.3 is 0 Å². The molecule has 0 aliphatic carbocycles. The Morgan fingerprint density at radius 3 is 3.17 bits per heavy atom. The van der Waals surface area contributed by atoms with Crippen LogP contribution in [-0.4, -0.2) is 33.7 Å². The molecule has 2 aromatic rings. The summed E-state index contributed by atoms with van der Waals surface area (Å²) >= 11 is 3.16. The van der Waals surface area contributed by atoms with Gasteiger partial charge in [0.15, 0.2) is 0 Å². The maximum atomic E-state index is 12.2. The van der Waals surface area contributed by atoms with Crippen LogP contribution in [0.25, 0.3) is 10.2 Å². The van der Waals surface area contributed by atoms with Crippen LogP contribution in [0.2, 0.25) is 0 Å². The van der Waals surface area contributed by atoms with E-state index in [1.54, 1.807) is 12.3 Å². The molecular weight excluding hydrogens is 268 g/mol. The number of thiophene rings is 1. The molecule has 1 unspecified atom stereocenters. The number of nitrogen functional groups attached to an aromatic ring is 1. The molecule has 7 heteroatoms. The number of rotatable bonds is 2. The third-order valence-electron chi connectivity index (χ3n) is 2.89. The number of carbonyl (C=O) groups excluding carboxylic acids is 1. The van der Waals surface area contributed by atoms with E-state index in [9.17, 15) is 4.79 Å². The lowest BCUT2D eigenvalue weighted by Gasteiger charge is -2.10. The summed E-state index contributed by atoms with van der Waals surface area (Å²) in [6.07, 6.45) is 2.61. The van der Waals surface area contributed by atoms with Crippen molar-refractivity contribution in [2.75, 3.05) is 17.2 Å². The fourth-order valence-corrected chi connectivity index (χ4v) is 4.03. The van der Waals surface area contributed by atoms with Crippen molar-refractivity contribution in [2.24, 2.45) is 0 Å². The number of aromatic nitrogens is 2. The van der Waals surface area contributed by atoms with Gasteiger partial charge in [-0.2, -0.15) is 16.9 Å².